The number of aromatic nitrogens is 11. The van der Waals surface area contributed by atoms with Crippen LogP contribution in [0.3, 0.4) is 0 Å². The lowest BCUT2D eigenvalue weighted by molar-refractivity contribution is 0.0894. The smallest absolute Gasteiger partial charge is 0.227 e. The first-order valence-electron chi connectivity index (χ1n) is 24.1. The third-order valence-corrected chi connectivity index (χ3v) is 24.5. The van der Waals surface area contributed by atoms with E-state index in [2.05, 4.69) is 25.1 Å². The Hall–Kier alpha value is -5.34. The van der Waals surface area contributed by atoms with Gasteiger partial charge < -0.3 is 23.4 Å². The molecule has 31 heteroatoms. The molecule has 0 bridgehead atoms. The van der Waals surface area contributed by atoms with Crippen molar-refractivity contribution in [1.82, 2.24) is 52.8 Å². The van der Waals surface area contributed by atoms with Crippen molar-refractivity contribution in [3.8, 4) is 0 Å². The van der Waals surface area contributed by atoms with Gasteiger partial charge in [0.1, 0.15) is 17.5 Å². The number of sulfone groups is 6. The Bertz CT molecular complexity index is 3420. The molecule has 6 rings (SSSR count). The quantitative estimate of drug-likeness (QED) is 0.151. The number of hydrogen-bond donors (Lipinski definition) is 1. The molecule has 0 aliphatic rings. The Morgan fingerprint density at radius 2 is 0.859 bits per heavy atom. The molecule has 25 nitrogen and oxygen atoms in total. The molecule has 0 radical (unpaired) electrons. The van der Waals surface area contributed by atoms with Crippen LogP contribution in [0.4, 0.5) is 0 Å². The van der Waals surface area contributed by atoms with Crippen LogP contribution in [0, 0.1) is 13.8 Å². The van der Waals surface area contributed by atoms with E-state index in [1.807, 2.05) is 0 Å². The van der Waals surface area contributed by atoms with E-state index in [9.17, 15) is 55.3 Å². The normalized spacial score (nSPS) is 12.3. The fraction of sp³-hybridized carbons (Fsp3) is 0.574. The van der Waals surface area contributed by atoms with Crippen LogP contribution in [0.1, 0.15) is 105 Å². The summed E-state index contributed by atoms with van der Waals surface area (Å²) in [6.45, 7) is 22.6. The molecule has 0 saturated heterocycles. The zero-order valence-corrected chi connectivity index (χ0v) is 53.0. The SMILES string of the molecule is CC(C)S(=O)(=O)c1ccc(C(=O)CO)n1C.CC(C)S(=O)(=O)c1ccnn1C.CC(C)S(=O)(=O)c1nccn1C.CC(C)S(=O)(=O)c1nccn1C.Cc1cc(S(=O)(=O)C(C)C)n(C)n1.Cc1ncc(S(=O)(=O)C(C)C)n1C. The number of carbonyl (C=O) groups is 1. The number of carbonyl (C=O) groups excluding carboxylic acids is 1. The largest absolute Gasteiger partial charge is 0.388 e. The highest BCUT2D eigenvalue weighted by Gasteiger charge is 2.28. The third kappa shape index (κ3) is 17.3. The zero-order valence-electron chi connectivity index (χ0n) is 48.1. The van der Waals surface area contributed by atoms with Crippen LogP contribution in [0.2, 0.25) is 0 Å². The summed E-state index contributed by atoms with van der Waals surface area (Å²) in [5.41, 5.74) is 0.920. The summed E-state index contributed by atoms with van der Waals surface area (Å²) in [5.74, 6) is 0.215. The van der Waals surface area contributed by atoms with Crippen LogP contribution in [0.25, 0.3) is 0 Å². The Balaban J connectivity index is 0.000000469. The number of Topliss-reactive ketones (excluding diaryl/α,β-unsaturated/α-hetero) is 1. The van der Waals surface area contributed by atoms with E-state index < -0.39 is 103 Å². The van der Waals surface area contributed by atoms with Crippen molar-refractivity contribution in [1.29, 1.82) is 0 Å². The molecule has 0 spiro atoms. The number of aliphatic hydroxyl groups excluding tert-OH is 1. The highest BCUT2D eigenvalue weighted by atomic mass is 32.2. The molecule has 78 heavy (non-hydrogen) atoms. The lowest BCUT2D eigenvalue weighted by Crippen LogP contribution is -2.19. The van der Waals surface area contributed by atoms with Gasteiger partial charge in [0.15, 0.2) is 54.4 Å². The minimum Gasteiger partial charge on any atom is -0.388 e. The van der Waals surface area contributed by atoms with Gasteiger partial charge in [-0.1, -0.05) is 0 Å². The maximum Gasteiger partial charge on any atom is 0.227 e. The second kappa shape index (κ2) is 28.2. The summed E-state index contributed by atoms with van der Waals surface area (Å²) >= 11 is 0. The molecule has 0 aliphatic heterocycles. The number of rotatable bonds is 14. The van der Waals surface area contributed by atoms with Gasteiger partial charge in [0, 0.05) is 67.1 Å². The monoisotopic (exact) mass is 1210 g/mol. The number of hydrogen-bond acceptors (Lipinski definition) is 19. The average molecular weight is 1210 g/mol. The summed E-state index contributed by atoms with van der Waals surface area (Å²) in [7, 11) is -9.56. The second-order valence-corrected chi connectivity index (χ2v) is 33.7. The van der Waals surface area contributed by atoms with E-state index >= 15 is 0 Å². The lowest BCUT2D eigenvalue weighted by atomic mass is 10.3. The van der Waals surface area contributed by atoms with Crippen LogP contribution in [0.5, 0.6) is 0 Å². The first-order chi connectivity index (χ1) is 35.4. The fourth-order valence-corrected chi connectivity index (χ4v) is 13.0. The predicted molar refractivity (Wildman–Crippen MR) is 296 cm³/mol. The topological polar surface area (TPSA) is 336 Å². The van der Waals surface area contributed by atoms with Crippen molar-refractivity contribution < 1.29 is 60.4 Å². The van der Waals surface area contributed by atoms with E-state index in [1.165, 1.54) is 73.1 Å². The number of nitrogens with zero attached hydrogens (tertiary/aromatic N) is 11. The standard InChI is InChI=1S/C10H15NO4S.2C8H14N2O2S.3C7H12N2O2S/c1-7(2)16(14,15)10-5-4-8(11(10)3)9(13)6-12;1-6(2)13(11,12)8-5-9-7(3)10(8)4;1-6(2)13(11,12)8-5-7(3)9-10(8)4;2*1-6(2)12(10,11)7-8-4-5-9(7)3;1-6(2)12(10,11)7-4-5-8-9(7)3/h4-5,7,12H,6H2,1-3H3;2*5-6H,1-4H3;3*4-6H,1-3H3. The molecule has 6 heterocycles. The summed E-state index contributed by atoms with van der Waals surface area (Å²) in [6, 6.07) is 5.90. The Labute approximate surface area is 461 Å². The van der Waals surface area contributed by atoms with E-state index in [0.29, 0.717) is 15.9 Å². The lowest BCUT2D eigenvalue weighted by Gasteiger charge is -2.09. The predicted octanol–water partition coefficient (Wildman–Crippen LogP) is 4.01. The van der Waals surface area contributed by atoms with E-state index in [1.54, 1.807) is 155 Å². The van der Waals surface area contributed by atoms with Crippen LogP contribution >= 0.6 is 0 Å². The van der Waals surface area contributed by atoms with Gasteiger partial charge in [0.05, 0.1) is 55.3 Å². The number of aliphatic hydroxyl groups is 1. The first-order valence-corrected chi connectivity index (χ1v) is 33.4. The van der Waals surface area contributed by atoms with Gasteiger partial charge in [-0.25, -0.2) is 65.5 Å². The summed E-state index contributed by atoms with van der Waals surface area (Å²) in [5, 5.41) is 15.2. The van der Waals surface area contributed by atoms with Crippen molar-refractivity contribution in [2.75, 3.05) is 6.61 Å². The van der Waals surface area contributed by atoms with E-state index in [-0.39, 0.29) is 26.1 Å². The fourth-order valence-electron chi connectivity index (χ4n) is 6.02. The summed E-state index contributed by atoms with van der Waals surface area (Å²) in [6.07, 6.45) is 9.09. The molecule has 0 unspecified atom stereocenters. The molecule has 0 saturated carbocycles. The van der Waals surface area contributed by atoms with Gasteiger partial charge in [-0.3, -0.25) is 14.2 Å². The van der Waals surface area contributed by atoms with Crippen LogP contribution < -0.4 is 0 Å². The Kier molecular flexibility index (Phi) is 25.5. The number of aryl methyl sites for hydroxylation is 6. The van der Waals surface area contributed by atoms with Gasteiger partial charge in [-0.05, 0) is 121 Å². The molecule has 1 N–H and O–H groups in total. The zero-order chi connectivity index (χ0) is 61.0. The summed E-state index contributed by atoms with van der Waals surface area (Å²) < 4.78 is 149. The average Bonchev–Trinajstić information content (AvgIpc) is 4.21. The minimum atomic E-state index is -3.40. The van der Waals surface area contributed by atoms with Gasteiger partial charge in [-0.15, -0.1) is 0 Å². The molecular formula is C47H79N11O14S6. The van der Waals surface area contributed by atoms with Crippen molar-refractivity contribution in [3.05, 3.63) is 78.7 Å². The first kappa shape index (κ1) is 70.7. The van der Waals surface area contributed by atoms with Gasteiger partial charge in [0.2, 0.25) is 35.8 Å². The summed E-state index contributed by atoms with van der Waals surface area (Å²) in [4.78, 5) is 22.8. The van der Waals surface area contributed by atoms with Crippen molar-refractivity contribution >= 4 is 64.8 Å². The highest BCUT2D eigenvalue weighted by molar-refractivity contribution is 7.93. The Morgan fingerprint density at radius 3 is 1.15 bits per heavy atom. The van der Waals surface area contributed by atoms with E-state index in [4.69, 9.17) is 5.11 Å². The molecule has 442 valence electrons. The van der Waals surface area contributed by atoms with Crippen LogP contribution in [-0.2, 0) is 101 Å². The molecule has 6 aromatic rings. The van der Waals surface area contributed by atoms with Crippen LogP contribution in [0.15, 0.2) is 91.9 Å². The molecule has 0 atom stereocenters. The van der Waals surface area contributed by atoms with Crippen molar-refractivity contribution in [3.63, 3.8) is 0 Å². The van der Waals surface area contributed by atoms with Gasteiger partial charge >= 0.3 is 0 Å². The maximum absolute atomic E-state index is 11.9. The highest BCUT2D eigenvalue weighted by Crippen LogP contribution is 2.20. The van der Waals surface area contributed by atoms with Gasteiger partial charge in [-0.2, -0.15) is 10.2 Å². The molecule has 0 amide bonds. The van der Waals surface area contributed by atoms with Crippen molar-refractivity contribution in [2.45, 2.75) is 159 Å². The second-order valence-electron chi connectivity index (χ2n) is 19.1. The molecule has 0 aliphatic carbocycles. The number of ketones is 1. The van der Waals surface area contributed by atoms with Crippen LogP contribution in [-0.4, -0.2) is 152 Å². The minimum absolute atomic E-state index is 0.0966. The van der Waals surface area contributed by atoms with E-state index in [0.717, 1.165) is 5.69 Å². The number of imidazole rings is 3. The Morgan fingerprint density at radius 1 is 0.474 bits per heavy atom. The molecule has 0 fully saturated rings. The van der Waals surface area contributed by atoms with Crippen molar-refractivity contribution in [2.24, 2.45) is 42.3 Å². The van der Waals surface area contributed by atoms with Gasteiger partial charge in [0.25, 0.3) is 0 Å². The molecule has 0 aromatic carbocycles. The molecule has 6 aromatic heterocycles. The molecular weight excluding hydrogens is 1130 g/mol. The third-order valence-electron chi connectivity index (χ3n) is 11.4. The maximum atomic E-state index is 11.9.